The van der Waals surface area contributed by atoms with Gasteiger partial charge in [0.1, 0.15) is 5.82 Å². The summed E-state index contributed by atoms with van der Waals surface area (Å²) in [5, 5.41) is 2.91. The van der Waals surface area contributed by atoms with Gasteiger partial charge in [-0.15, -0.1) is 24.8 Å². The third-order valence-corrected chi connectivity index (χ3v) is 4.27. The summed E-state index contributed by atoms with van der Waals surface area (Å²) in [6, 6.07) is 7.06. The van der Waals surface area contributed by atoms with Gasteiger partial charge >= 0.3 is 6.18 Å². The van der Waals surface area contributed by atoms with Gasteiger partial charge in [0.05, 0.1) is 5.56 Å². The number of halogens is 5. The van der Waals surface area contributed by atoms with E-state index >= 15 is 0 Å². The Balaban J connectivity index is 0.00000196. The van der Waals surface area contributed by atoms with E-state index in [9.17, 15) is 13.2 Å². The number of nitrogens with two attached hydrogens (primary N) is 1. The monoisotopic (exact) mass is 437 g/mol. The number of rotatable bonds is 5. The molecule has 1 aromatic carbocycles. The third-order valence-electron chi connectivity index (χ3n) is 4.27. The number of nitrogens with zero attached hydrogens (tertiary/aromatic N) is 3. The van der Waals surface area contributed by atoms with Crippen LogP contribution in [0.5, 0.6) is 0 Å². The minimum Gasteiger partial charge on any atom is -0.355 e. The average molecular weight is 438 g/mol. The van der Waals surface area contributed by atoms with Gasteiger partial charge in [-0.2, -0.15) is 18.2 Å². The van der Waals surface area contributed by atoms with Crippen molar-refractivity contribution in [2.75, 3.05) is 23.3 Å². The second-order valence-corrected chi connectivity index (χ2v) is 6.49. The fraction of sp³-hybridized carbons (Fsp3) is 0.444. The van der Waals surface area contributed by atoms with Crippen LogP contribution in [0.2, 0.25) is 0 Å². The Bertz CT molecular complexity index is 773. The summed E-state index contributed by atoms with van der Waals surface area (Å²) in [6.07, 6.45) is -1.81. The van der Waals surface area contributed by atoms with Crippen LogP contribution in [0.15, 0.2) is 30.3 Å². The summed E-state index contributed by atoms with van der Waals surface area (Å²) in [4.78, 5) is 11.0. The van der Waals surface area contributed by atoms with E-state index in [0.29, 0.717) is 18.2 Å². The van der Waals surface area contributed by atoms with Gasteiger partial charge in [-0.1, -0.05) is 19.4 Å². The highest BCUT2D eigenvalue weighted by Crippen LogP contribution is 2.31. The number of aryl methyl sites for hydroxylation is 1. The predicted molar refractivity (Wildman–Crippen MR) is 110 cm³/mol. The van der Waals surface area contributed by atoms with E-state index in [1.54, 1.807) is 6.07 Å². The van der Waals surface area contributed by atoms with Crippen LogP contribution in [0.1, 0.15) is 31.0 Å². The molecule has 2 heterocycles. The molecule has 2 aromatic rings. The Kier molecular flexibility index (Phi) is 8.78. The molecule has 1 unspecified atom stereocenters. The summed E-state index contributed by atoms with van der Waals surface area (Å²) in [7, 11) is 0. The minimum atomic E-state index is -4.39. The summed E-state index contributed by atoms with van der Waals surface area (Å²) >= 11 is 0. The molecule has 1 saturated heterocycles. The summed E-state index contributed by atoms with van der Waals surface area (Å²) in [5.41, 5.74) is 6.42. The van der Waals surface area contributed by atoms with Crippen molar-refractivity contribution in [3.8, 4) is 0 Å². The van der Waals surface area contributed by atoms with Crippen LogP contribution in [0, 0.1) is 0 Å². The quantitative estimate of drug-likeness (QED) is 0.716. The Morgan fingerprint density at radius 2 is 1.96 bits per heavy atom. The Hall–Kier alpha value is -1.77. The molecule has 1 atom stereocenters. The molecule has 0 spiro atoms. The van der Waals surface area contributed by atoms with Crippen LogP contribution >= 0.6 is 24.8 Å². The second-order valence-electron chi connectivity index (χ2n) is 6.49. The van der Waals surface area contributed by atoms with Gasteiger partial charge in [-0.05, 0) is 31.0 Å². The maximum absolute atomic E-state index is 12.9. The van der Waals surface area contributed by atoms with Crippen LogP contribution in [0.25, 0.3) is 0 Å². The van der Waals surface area contributed by atoms with Crippen LogP contribution < -0.4 is 16.0 Å². The molecule has 0 aliphatic carbocycles. The van der Waals surface area contributed by atoms with Crippen LogP contribution in [0.4, 0.5) is 30.6 Å². The molecule has 3 rings (SSSR count). The van der Waals surface area contributed by atoms with Crippen molar-refractivity contribution in [1.29, 1.82) is 0 Å². The predicted octanol–water partition coefficient (Wildman–Crippen LogP) is 4.57. The molecule has 1 aromatic heterocycles. The lowest BCUT2D eigenvalue weighted by atomic mass is 10.2. The molecular formula is C18H24Cl2F3N5. The third kappa shape index (κ3) is 6.12. The van der Waals surface area contributed by atoms with Crippen molar-refractivity contribution < 1.29 is 13.2 Å². The van der Waals surface area contributed by atoms with Crippen LogP contribution in [-0.4, -0.2) is 29.1 Å². The highest BCUT2D eigenvalue weighted by atomic mass is 35.5. The van der Waals surface area contributed by atoms with Gasteiger partial charge in [0.15, 0.2) is 0 Å². The molecule has 1 aliphatic rings. The van der Waals surface area contributed by atoms with Gasteiger partial charge in [0, 0.05) is 36.6 Å². The molecule has 0 bridgehead atoms. The lowest BCUT2D eigenvalue weighted by Crippen LogP contribution is -2.27. The molecule has 156 valence electrons. The molecule has 0 amide bonds. The number of aromatic nitrogens is 2. The Morgan fingerprint density at radius 1 is 1.21 bits per heavy atom. The van der Waals surface area contributed by atoms with E-state index in [4.69, 9.17) is 5.73 Å². The fourth-order valence-electron chi connectivity index (χ4n) is 2.98. The van der Waals surface area contributed by atoms with E-state index in [1.807, 2.05) is 13.0 Å². The van der Waals surface area contributed by atoms with Gasteiger partial charge in [0.25, 0.3) is 0 Å². The first kappa shape index (κ1) is 24.3. The van der Waals surface area contributed by atoms with Crippen molar-refractivity contribution in [3.05, 3.63) is 41.6 Å². The SMILES string of the molecule is CCCc1cc(N2CCC(N)C2)nc(Nc2cccc(C(F)(F)F)c2)n1.Cl.Cl. The van der Waals surface area contributed by atoms with Gasteiger partial charge in [0.2, 0.25) is 5.95 Å². The van der Waals surface area contributed by atoms with Crippen LogP contribution in [-0.2, 0) is 12.6 Å². The van der Waals surface area contributed by atoms with Crippen molar-refractivity contribution in [3.63, 3.8) is 0 Å². The largest absolute Gasteiger partial charge is 0.416 e. The molecule has 28 heavy (non-hydrogen) atoms. The molecule has 1 fully saturated rings. The van der Waals surface area contributed by atoms with Crippen molar-refractivity contribution in [1.82, 2.24) is 9.97 Å². The summed E-state index contributed by atoms with van der Waals surface area (Å²) in [5.74, 6) is 1.05. The van der Waals surface area contributed by atoms with E-state index in [1.165, 1.54) is 6.07 Å². The van der Waals surface area contributed by atoms with E-state index < -0.39 is 11.7 Å². The first-order chi connectivity index (χ1) is 12.3. The zero-order valence-electron chi connectivity index (χ0n) is 15.4. The smallest absolute Gasteiger partial charge is 0.355 e. The van der Waals surface area contributed by atoms with Crippen molar-refractivity contribution in [2.24, 2.45) is 5.73 Å². The van der Waals surface area contributed by atoms with Crippen LogP contribution in [0.3, 0.4) is 0 Å². The summed E-state index contributed by atoms with van der Waals surface area (Å²) < 4.78 is 38.7. The number of hydrogen-bond acceptors (Lipinski definition) is 5. The highest BCUT2D eigenvalue weighted by Gasteiger charge is 2.30. The number of hydrogen-bond donors (Lipinski definition) is 2. The molecule has 3 N–H and O–H groups in total. The van der Waals surface area contributed by atoms with Crippen molar-refractivity contribution in [2.45, 2.75) is 38.4 Å². The zero-order chi connectivity index (χ0) is 18.7. The highest BCUT2D eigenvalue weighted by molar-refractivity contribution is 5.85. The number of anilines is 3. The molecule has 0 saturated carbocycles. The first-order valence-electron chi connectivity index (χ1n) is 8.68. The molecular weight excluding hydrogens is 414 g/mol. The van der Waals surface area contributed by atoms with Gasteiger partial charge < -0.3 is 16.0 Å². The number of benzene rings is 1. The first-order valence-corrected chi connectivity index (χ1v) is 8.68. The normalized spacial score (nSPS) is 16.3. The minimum absolute atomic E-state index is 0. The zero-order valence-corrected chi connectivity index (χ0v) is 17.0. The van der Waals surface area contributed by atoms with E-state index in [-0.39, 0.29) is 30.9 Å². The fourth-order valence-corrected chi connectivity index (χ4v) is 2.98. The van der Waals surface area contributed by atoms with Gasteiger partial charge in [-0.25, -0.2) is 4.98 Å². The van der Waals surface area contributed by atoms with E-state index in [0.717, 1.165) is 49.5 Å². The van der Waals surface area contributed by atoms with Crippen molar-refractivity contribution >= 4 is 42.3 Å². The number of alkyl halides is 3. The molecule has 5 nitrogen and oxygen atoms in total. The van der Waals surface area contributed by atoms with E-state index in [2.05, 4.69) is 20.2 Å². The maximum Gasteiger partial charge on any atom is 0.416 e. The standard InChI is InChI=1S/C18H22F3N5.2ClH/c1-2-4-14-10-16(26-8-7-13(22)11-26)25-17(23-14)24-15-6-3-5-12(9-15)18(19,20)21;;/h3,5-6,9-10,13H,2,4,7-8,11,22H2,1H3,(H,23,24,25);2*1H. The topological polar surface area (TPSA) is 67.1 Å². The maximum atomic E-state index is 12.9. The number of nitrogens with one attached hydrogen (secondary N) is 1. The second kappa shape index (κ2) is 10.1. The lowest BCUT2D eigenvalue weighted by Gasteiger charge is -2.19. The Labute approximate surface area is 174 Å². The average Bonchev–Trinajstić information content (AvgIpc) is 3.01. The lowest BCUT2D eigenvalue weighted by molar-refractivity contribution is -0.137. The Morgan fingerprint density at radius 3 is 2.57 bits per heavy atom. The molecule has 1 aliphatic heterocycles. The molecule has 0 radical (unpaired) electrons. The summed E-state index contributed by atoms with van der Waals surface area (Å²) in [6.45, 7) is 3.58. The molecule has 10 heteroatoms. The van der Waals surface area contributed by atoms with Gasteiger partial charge in [-0.3, -0.25) is 0 Å².